The average Bonchev–Trinajstić information content (AvgIpc) is 2.68. The molecule has 1 aliphatic carbocycles. The van der Waals surface area contributed by atoms with Gasteiger partial charge in [0, 0.05) is 17.8 Å². The van der Waals surface area contributed by atoms with Gasteiger partial charge >= 0.3 is 0 Å². The van der Waals surface area contributed by atoms with Crippen molar-refractivity contribution in [1.82, 2.24) is 15.5 Å². The minimum atomic E-state index is 0.892. The molecule has 2 N–H and O–H groups in total. The average molecular weight is 221 g/mol. The van der Waals surface area contributed by atoms with E-state index in [4.69, 9.17) is 0 Å². The zero-order chi connectivity index (χ0) is 11.4. The Morgan fingerprint density at radius 2 is 2.12 bits per heavy atom. The van der Waals surface area contributed by atoms with E-state index in [-0.39, 0.29) is 0 Å². The van der Waals surface area contributed by atoms with Gasteiger partial charge in [0.2, 0.25) is 0 Å². The van der Waals surface area contributed by atoms with Crippen molar-refractivity contribution in [3.63, 3.8) is 0 Å². The Morgan fingerprint density at radius 3 is 2.75 bits per heavy atom. The molecule has 1 fully saturated rings. The van der Waals surface area contributed by atoms with E-state index in [0.717, 1.165) is 24.9 Å². The zero-order valence-corrected chi connectivity index (χ0v) is 10.4. The van der Waals surface area contributed by atoms with Crippen LogP contribution in [0.3, 0.4) is 0 Å². The maximum atomic E-state index is 4.03. The topological polar surface area (TPSA) is 40.7 Å². The van der Waals surface area contributed by atoms with Gasteiger partial charge in [0.1, 0.15) is 0 Å². The molecule has 2 rings (SSSR count). The van der Waals surface area contributed by atoms with E-state index in [1.54, 1.807) is 0 Å². The number of hydrogen-bond acceptors (Lipinski definition) is 2. The van der Waals surface area contributed by atoms with Crippen molar-refractivity contribution < 1.29 is 0 Å². The van der Waals surface area contributed by atoms with Crippen LogP contribution in [0.25, 0.3) is 0 Å². The Balaban J connectivity index is 1.67. The molecule has 0 spiro atoms. The van der Waals surface area contributed by atoms with Crippen molar-refractivity contribution in [3.8, 4) is 0 Å². The molecule has 1 heterocycles. The molecule has 1 saturated carbocycles. The van der Waals surface area contributed by atoms with Gasteiger partial charge in [0.15, 0.2) is 0 Å². The standard InChI is InChI=1S/C13H23N3/c1-10-3-5-12(6-4-10)7-14-8-13-9-15-16-11(13)2/h9-10,12,14H,3-8H2,1-2H3,(H,15,16). The third-order valence-corrected chi connectivity index (χ3v) is 3.82. The van der Waals surface area contributed by atoms with Crippen LogP contribution in [0.15, 0.2) is 6.20 Å². The number of rotatable bonds is 4. The van der Waals surface area contributed by atoms with Gasteiger partial charge in [-0.3, -0.25) is 5.10 Å². The van der Waals surface area contributed by atoms with Crippen molar-refractivity contribution in [3.05, 3.63) is 17.5 Å². The van der Waals surface area contributed by atoms with E-state index in [9.17, 15) is 0 Å². The number of aromatic nitrogens is 2. The summed E-state index contributed by atoms with van der Waals surface area (Å²) in [6, 6.07) is 0. The van der Waals surface area contributed by atoms with Crippen LogP contribution >= 0.6 is 0 Å². The van der Waals surface area contributed by atoms with E-state index < -0.39 is 0 Å². The Labute approximate surface area is 98.0 Å². The van der Waals surface area contributed by atoms with Crippen LogP contribution < -0.4 is 5.32 Å². The maximum absolute atomic E-state index is 4.03. The van der Waals surface area contributed by atoms with E-state index >= 15 is 0 Å². The van der Waals surface area contributed by atoms with Crippen molar-refractivity contribution >= 4 is 0 Å². The number of nitrogens with zero attached hydrogens (tertiary/aromatic N) is 1. The summed E-state index contributed by atoms with van der Waals surface area (Å²) in [7, 11) is 0. The van der Waals surface area contributed by atoms with Crippen LogP contribution in [0.5, 0.6) is 0 Å². The second kappa shape index (κ2) is 5.48. The van der Waals surface area contributed by atoms with Crippen molar-refractivity contribution in [2.75, 3.05) is 6.54 Å². The highest BCUT2D eigenvalue weighted by molar-refractivity contribution is 5.13. The summed E-state index contributed by atoms with van der Waals surface area (Å²) in [6.07, 6.45) is 7.55. The van der Waals surface area contributed by atoms with Gasteiger partial charge < -0.3 is 5.32 Å². The third kappa shape index (κ3) is 3.08. The second-order valence-corrected chi connectivity index (χ2v) is 5.28. The highest BCUT2D eigenvalue weighted by Crippen LogP contribution is 2.27. The highest BCUT2D eigenvalue weighted by Gasteiger charge is 2.17. The van der Waals surface area contributed by atoms with Crippen LogP contribution in [0.4, 0.5) is 0 Å². The molecular weight excluding hydrogens is 198 g/mol. The first-order valence-electron chi connectivity index (χ1n) is 6.45. The predicted octanol–water partition coefficient (Wildman–Crippen LogP) is 2.63. The number of aromatic amines is 1. The first-order chi connectivity index (χ1) is 7.75. The lowest BCUT2D eigenvalue weighted by atomic mass is 9.83. The van der Waals surface area contributed by atoms with Crippen LogP contribution in [0.1, 0.15) is 43.9 Å². The molecule has 1 aliphatic rings. The summed E-state index contributed by atoms with van der Waals surface area (Å²) in [5, 5.41) is 10.6. The van der Waals surface area contributed by atoms with Gasteiger partial charge in [-0.05, 0) is 38.1 Å². The smallest absolute Gasteiger partial charge is 0.0535 e. The van der Waals surface area contributed by atoms with Gasteiger partial charge in [-0.2, -0.15) is 5.10 Å². The Kier molecular flexibility index (Phi) is 3.99. The second-order valence-electron chi connectivity index (χ2n) is 5.28. The fourth-order valence-electron chi connectivity index (χ4n) is 2.50. The first-order valence-corrected chi connectivity index (χ1v) is 6.45. The van der Waals surface area contributed by atoms with Gasteiger partial charge in [-0.1, -0.05) is 19.8 Å². The van der Waals surface area contributed by atoms with Crippen LogP contribution in [-0.2, 0) is 6.54 Å². The molecule has 0 bridgehead atoms. The normalized spacial score (nSPS) is 25.9. The molecule has 3 nitrogen and oxygen atoms in total. The fourth-order valence-corrected chi connectivity index (χ4v) is 2.50. The molecule has 0 unspecified atom stereocenters. The largest absolute Gasteiger partial charge is 0.312 e. The summed E-state index contributed by atoms with van der Waals surface area (Å²) < 4.78 is 0. The molecule has 3 heteroatoms. The quantitative estimate of drug-likeness (QED) is 0.820. The number of nitrogens with one attached hydrogen (secondary N) is 2. The summed E-state index contributed by atoms with van der Waals surface area (Å²) in [5.74, 6) is 1.84. The molecule has 1 aromatic rings. The first kappa shape index (κ1) is 11.6. The van der Waals surface area contributed by atoms with Gasteiger partial charge in [-0.25, -0.2) is 0 Å². The van der Waals surface area contributed by atoms with E-state index in [1.165, 1.54) is 36.9 Å². The Morgan fingerprint density at radius 1 is 1.38 bits per heavy atom. The molecular formula is C13H23N3. The molecule has 90 valence electrons. The van der Waals surface area contributed by atoms with E-state index in [2.05, 4.69) is 29.4 Å². The molecule has 0 aliphatic heterocycles. The molecule has 0 radical (unpaired) electrons. The molecule has 0 amide bonds. The summed E-state index contributed by atoms with van der Waals surface area (Å²) in [5.41, 5.74) is 2.48. The lowest BCUT2D eigenvalue weighted by molar-refractivity contribution is 0.281. The summed E-state index contributed by atoms with van der Waals surface area (Å²) in [6.45, 7) is 6.57. The SMILES string of the molecule is Cc1[nH]ncc1CNCC1CCC(C)CC1. The van der Waals surface area contributed by atoms with Crippen LogP contribution in [0.2, 0.25) is 0 Å². The maximum Gasteiger partial charge on any atom is 0.0535 e. The molecule has 1 aromatic heterocycles. The lowest BCUT2D eigenvalue weighted by Gasteiger charge is -2.26. The fraction of sp³-hybridized carbons (Fsp3) is 0.769. The molecule has 0 aromatic carbocycles. The van der Waals surface area contributed by atoms with Gasteiger partial charge in [0.05, 0.1) is 6.20 Å². The summed E-state index contributed by atoms with van der Waals surface area (Å²) >= 11 is 0. The predicted molar refractivity (Wildman–Crippen MR) is 66.2 cm³/mol. The van der Waals surface area contributed by atoms with Crippen molar-refractivity contribution in [2.45, 2.75) is 46.1 Å². The minimum absolute atomic E-state index is 0.892. The molecule has 0 saturated heterocycles. The summed E-state index contributed by atoms with van der Waals surface area (Å²) in [4.78, 5) is 0. The monoisotopic (exact) mass is 221 g/mol. The van der Waals surface area contributed by atoms with Gasteiger partial charge in [-0.15, -0.1) is 0 Å². The highest BCUT2D eigenvalue weighted by atomic mass is 15.1. The van der Waals surface area contributed by atoms with E-state index in [1.807, 2.05) is 6.20 Å². The minimum Gasteiger partial charge on any atom is -0.312 e. The molecule has 0 atom stereocenters. The van der Waals surface area contributed by atoms with Gasteiger partial charge in [0.25, 0.3) is 0 Å². The lowest BCUT2D eigenvalue weighted by Crippen LogP contribution is -2.25. The number of hydrogen-bond donors (Lipinski definition) is 2. The van der Waals surface area contributed by atoms with Crippen LogP contribution in [-0.4, -0.2) is 16.7 Å². The zero-order valence-electron chi connectivity index (χ0n) is 10.4. The Bertz CT molecular complexity index is 311. The molecule has 16 heavy (non-hydrogen) atoms. The number of H-pyrrole nitrogens is 1. The van der Waals surface area contributed by atoms with Crippen molar-refractivity contribution in [1.29, 1.82) is 0 Å². The third-order valence-electron chi connectivity index (χ3n) is 3.82. The van der Waals surface area contributed by atoms with Crippen molar-refractivity contribution in [2.24, 2.45) is 11.8 Å². The van der Waals surface area contributed by atoms with E-state index in [0.29, 0.717) is 0 Å². The van der Waals surface area contributed by atoms with Crippen LogP contribution in [0, 0.1) is 18.8 Å². The Hall–Kier alpha value is -0.830. The number of aryl methyl sites for hydroxylation is 1.